The first kappa shape index (κ1) is 22.4. The number of amides is 1. The number of likely N-dealkylation sites (tertiary alicyclic amines) is 1. The molecule has 0 bridgehead atoms. The van der Waals surface area contributed by atoms with E-state index in [0.717, 1.165) is 42.4 Å². The predicted octanol–water partition coefficient (Wildman–Crippen LogP) is 3.67. The summed E-state index contributed by atoms with van der Waals surface area (Å²) in [6, 6.07) is 3.43. The van der Waals surface area contributed by atoms with Crippen LogP contribution in [0.3, 0.4) is 0 Å². The van der Waals surface area contributed by atoms with Crippen molar-refractivity contribution in [1.82, 2.24) is 14.2 Å². The van der Waals surface area contributed by atoms with Gasteiger partial charge in [-0.1, -0.05) is 36.8 Å². The Morgan fingerprint density at radius 1 is 1.19 bits per heavy atom. The summed E-state index contributed by atoms with van der Waals surface area (Å²) in [5.41, 5.74) is 0.388. The standard InChI is InChI=1S/C22H29ClN4O3S2/c1-13-22(3,4)7-8-27(13)32(29,30)20-17(23)5-6-18-19(20)24-21(31-18)26-11-15-9-25(14(2)28)10-16(15)12-26/h5-6,13,15-16H,7-12H2,1-4H3/t13?,15-,16+. The Balaban J connectivity index is 1.48. The maximum absolute atomic E-state index is 13.7. The van der Waals surface area contributed by atoms with Crippen molar-refractivity contribution in [2.24, 2.45) is 17.3 Å². The summed E-state index contributed by atoms with van der Waals surface area (Å²) in [4.78, 5) is 20.8. The number of sulfonamides is 1. The van der Waals surface area contributed by atoms with E-state index in [-0.39, 0.29) is 27.3 Å². The van der Waals surface area contributed by atoms with E-state index in [1.807, 2.05) is 17.9 Å². The van der Waals surface area contributed by atoms with Gasteiger partial charge in [-0.3, -0.25) is 4.79 Å². The molecule has 1 unspecified atom stereocenters. The van der Waals surface area contributed by atoms with Crippen LogP contribution in [-0.2, 0) is 14.8 Å². The highest BCUT2D eigenvalue weighted by molar-refractivity contribution is 7.89. The molecule has 3 atom stereocenters. The van der Waals surface area contributed by atoms with E-state index < -0.39 is 10.0 Å². The number of thiazole rings is 1. The van der Waals surface area contributed by atoms with Gasteiger partial charge in [0.2, 0.25) is 15.9 Å². The number of benzene rings is 1. The minimum Gasteiger partial charge on any atom is -0.347 e. The summed E-state index contributed by atoms with van der Waals surface area (Å²) in [6.45, 7) is 11.5. The largest absolute Gasteiger partial charge is 0.347 e. The van der Waals surface area contributed by atoms with Crippen LogP contribution in [0.1, 0.15) is 34.1 Å². The van der Waals surface area contributed by atoms with E-state index >= 15 is 0 Å². The molecule has 3 aliphatic heterocycles. The zero-order chi connectivity index (χ0) is 23.0. The summed E-state index contributed by atoms with van der Waals surface area (Å²) >= 11 is 8.00. The fraction of sp³-hybridized carbons (Fsp3) is 0.636. The number of carbonyl (C=O) groups is 1. The summed E-state index contributed by atoms with van der Waals surface area (Å²) in [5.74, 6) is 1.01. The van der Waals surface area contributed by atoms with Crippen molar-refractivity contribution in [1.29, 1.82) is 0 Å². The predicted molar refractivity (Wildman–Crippen MR) is 128 cm³/mol. The van der Waals surface area contributed by atoms with E-state index in [1.165, 1.54) is 11.3 Å². The number of nitrogens with zero attached hydrogens (tertiary/aromatic N) is 4. The van der Waals surface area contributed by atoms with Gasteiger partial charge < -0.3 is 9.80 Å². The van der Waals surface area contributed by atoms with Crippen molar-refractivity contribution in [2.75, 3.05) is 37.6 Å². The van der Waals surface area contributed by atoms with Gasteiger partial charge in [0.05, 0.1) is 9.72 Å². The Labute approximate surface area is 198 Å². The molecule has 0 radical (unpaired) electrons. The molecule has 32 heavy (non-hydrogen) atoms. The third kappa shape index (κ3) is 3.43. The molecule has 174 valence electrons. The number of anilines is 1. The molecule has 1 aromatic carbocycles. The number of aromatic nitrogens is 1. The zero-order valence-electron chi connectivity index (χ0n) is 18.8. The molecule has 0 saturated carbocycles. The number of rotatable bonds is 3. The van der Waals surface area contributed by atoms with Crippen LogP contribution in [-0.4, -0.2) is 67.3 Å². The molecule has 0 spiro atoms. The highest BCUT2D eigenvalue weighted by atomic mass is 35.5. The smallest absolute Gasteiger partial charge is 0.247 e. The number of fused-ring (bicyclic) bond motifs is 2. The maximum atomic E-state index is 13.7. The van der Waals surface area contributed by atoms with Gasteiger partial charge >= 0.3 is 0 Å². The van der Waals surface area contributed by atoms with Crippen LogP contribution in [0, 0.1) is 17.3 Å². The Morgan fingerprint density at radius 3 is 2.41 bits per heavy atom. The SMILES string of the molecule is CC(=O)N1C[C@@H]2CN(c3nc4c(S(=O)(=O)N5CCC(C)(C)C5C)c(Cl)ccc4s3)C[C@@H]2C1. The van der Waals surface area contributed by atoms with Crippen LogP contribution in [0.25, 0.3) is 10.2 Å². The van der Waals surface area contributed by atoms with Gasteiger partial charge in [-0.2, -0.15) is 4.31 Å². The lowest BCUT2D eigenvalue weighted by molar-refractivity contribution is -0.128. The number of hydrogen-bond acceptors (Lipinski definition) is 6. The molecule has 5 rings (SSSR count). The topological polar surface area (TPSA) is 73.8 Å². The second-order valence-electron chi connectivity index (χ2n) is 10.1. The molecular formula is C22H29ClN4O3S2. The molecule has 0 aliphatic carbocycles. The quantitative estimate of drug-likeness (QED) is 0.648. The molecule has 3 fully saturated rings. The molecule has 10 heteroatoms. The Bertz CT molecular complexity index is 1180. The van der Waals surface area contributed by atoms with Gasteiger partial charge in [-0.15, -0.1) is 0 Å². The van der Waals surface area contributed by atoms with Crippen molar-refractivity contribution < 1.29 is 13.2 Å². The second-order valence-corrected chi connectivity index (χ2v) is 13.3. The summed E-state index contributed by atoms with van der Waals surface area (Å²) in [6.07, 6.45) is 0.817. The van der Waals surface area contributed by atoms with Gasteiger partial charge in [-0.05, 0) is 30.9 Å². The van der Waals surface area contributed by atoms with Gasteiger partial charge in [0, 0.05) is 57.5 Å². The number of carbonyl (C=O) groups excluding carboxylic acids is 1. The van der Waals surface area contributed by atoms with Gasteiger partial charge in [0.15, 0.2) is 5.13 Å². The second kappa shape index (κ2) is 7.55. The minimum absolute atomic E-state index is 0.0816. The van der Waals surface area contributed by atoms with E-state index in [0.29, 0.717) is 23.9 Å². The van der Waals surface area contributed by atoms with Crippen molar-refractivity contribution in [3.63, 3.8) is 0 Å². The molecule has 3 aliphatic rings. The van der Waals surface area contributed by atoms with Crippen molar-refractivity contribution in [2.45, 2.75) is 45.1 Å². The van der Waals surface area contributed by atoms with E-state index in [9.17, 15) is 13.2 Å². The van der Waals surface area contributed by atoms with Crippen molar-refractivity contribution in [3.8, 4) is 0 Å². The van der Waals surface area contributed by atoms with E-state index in [4.69, 9.17) is 16.6 Å². The van der Waals surface area contributed by atoms with Crippen LogP contribution in [0.15, 0.2) is 17.0 Å². The van der Waals surface area contributed by atoms with Crippen LogP contribution in [0.2, 0.25) is 5.02 Å². The molecule has 3 saturated heterocycles. The lowest BCUT2D eigenvalue weighted by Crippen LogP contribution is -2.38. The van der Waals surface area contributed by atoms with Crippen LogP contribution < -0.4 is 4.90 Å². The molecule has 7 nitrogen and oxygen atoms in total. The molecular weight excluding hydrogens is 468 g/mol. The van der Waals surface area contributed by atoms with Crippen molar-refractivity contribution >= 4 is 54.2 Å². The summed E-state index contributed by atoms with van der Waals surface area (Å²) in [7, 11) is -3.78. The lowest BCUT2D eigenvalue weighted by atomic mass is 9.86. The summed E-state index contributed by atoms with van der Waals surface area (Å²) in [5, 5.41) is 1.05. The Kier molecular flexibility index (Phi) is 5.28. The highest BCUT2D eigenvalue weighted by Crippen LogP contribution is 2.44. The third-order valence-corrected chi connectivity index (χ3v) is 11.3. The van der Waals surface area contributed by atoms with Gasteiger partial charge in [0.1, 0.15) is 10.4 Å². The van der Waals surface area contributed by atoms with Crippen LogP contribution >= 0.6 is 22.9 Å². The lowest BCUT2D eigenvalue weighted by Gasteiger charge is -2.29. The average molecular weight is 497 g/mol. The summed E-state index contributed by atoms with van der Waals surface area (Å²) < 4.78 is 29.8. The molecule has 1 amide bonds. The van der Waals surface area contributed by atoms with Gasteiger partial charge in [-0.25, -0.2) is 13.4 Å². The van der Waals surface area contributed by atoms with E-state index in [1.54, 1.807) is 17.3 Å². The fourth-order valence-electron chi connectivity index (χ4n) is 5.36. The minimum atomic E-state index is -3.78. The maximum Gasteiger partial charge on any atom is 0.247 e. The zero-order valence-corrected chi connectivity index (χ0v) is 21.2. The number of hydrogen-bond donors (Lipinski definition) is 0. The monoisotopic (exact) mass is 496 g/mol. The van der Waals surface area contributed by atoms with Crippen LogP contribution in [0.5, 0.6) is 0 Å². The number of halogens is 1. The highest BCUT2D eigenvalue weighted by Gasteiger charge is 2.45. The Hall–Kier alpha value is -1.42. The molecule has 0 N–H and O–H groups in total. The fourth-order valence-corrected chi connectivity index (χ4v) is 8.84. The van der Waals surface area contributed by atoms with E-state index in [2.05, 4.69) is 18.7 Å². The molecule has 2 aromatic rings. The first-order valence-corrected chi connectivity index (χ1v) is 13.7. The Morgan fingerprint density at radius 2 is 1.84 bits per heavy atom. The van der Waals surface area contributed by atoms with Crippen LogP contribution in [0.4, 0.5) is 5.13 Å². The first-order valence-electron chi connectivity index (χ1n) is 11.1. The first-order chi connectivity index (χ1) is 15.0. The third-order valence-electron chi connectivity index (χ3n) is 7.76. The normalized spacial score (nSPS) is 28.1. The average Bonchev–Trinajstić information content (AvgIpc) is 3.43. The van der Waals surface area contributed by atoms with Gasteiger partial charge in [0.25, 0.3) is 0 Å². The van der Waals surface area contributed by atoms with Crippen molar-refractivity contribution in [3.05, 3.63) is 17.2 Å². The molecule has 1 aromatic heterocycles. The molecule has 4 heterocycles.